The van der Waals surface area contributed by atoms with Crippen molar-refractivity contribution in [2.45, 2.75) is 53.0 Å². The molecule has 0 aromatic heterocycles. The van der Waals surface area contributed by atoms with E-state index in [0.717, 1.165) is 0 Å². The van der Waals surface area contributed by atoms with Crippen molar-refractivity contribution in [3.05, 3.63) is 107 Å². The summed E-state index contributed by atoms with van der Waals surface area (Å²) in [5.41, 5.74) is 13.4. The Bertz CT molecular complexity index is 1330. The number of rotatable bonds is 4. The van der Waals surface area contributed by atoms with E-state index in [4.69, 9.17) is 0 Å². The minimum Gasteiger partial charge on any atom is -0.338 e. The molecular formula is C32H33N. The smallest absolute Gasteiger partial charge is 0.0522 e. The van der Waals surface area contributed by atoms with Crippen LogP contribution in [0.4, 0.5) is 11.4 Å². The summed E-state index contributed by atoms with van der Waals surface area (Å²) in [6, 6.07) is 31.5. The van der Waals surface area contributed by atoms with E-state index >= 15 is 0 Å². The molecule has 0 N–H and O–H groups in total. The van der Waals surface area contributed by atoms with Crippen molar-refractivity contribution in [3.63, 3.8) is 0 Å². The van der Waals surface area contributed by atoms with Gasteiger partial charge in [-0.2, -0.15) is 0 Å². The molecule has 1 aliphatic carbocycles. The molecule has 0 saturated carbocycles. The largest absolute Gasteiger partial charge is 0.338 e. The molecule has 0 radical (unpaired) electrons. The van der Waals surface area contributed by atoms with Crippen LogP contribution < -0.4 is 4.90 Å². The fourth-order valence-electron chi connectivity index (χ4n) is 5.59. The average molecular weight is 432 g/mol. The van der Waals surface area contributed by atoms with Crippen molar-refractivity contribution >= 4 is 11.4 Å². The first kappa shape index (κ1) is 21.5. The average Bonchev–Trinajstić information content (AvgIpc) is 3.02. The van der Waals surface area contributed by atoms with Gasteiger partial charge in [-0.15, -0.1) is 0 Å². The summed E-state index contributed by atoms with van der Waals surface area (Å²) in [6.07, 6.45) is 0. The minimum atomic E-state index is -0.00891. The van der Waals surface area contributed by atoms with Gasteiger partial charge >= 0.3 is 0 Å². The topological polar surface area (TPSA) is 3.24 Å². The Labute approximate surface area is 198 Å². The zero-order valence-corrected chi connectivity index (χ0v) is 20.6. The third-order valence-electron chi connectivity index (χ3n) is 7.24. The SMILES string of the molecule is Cc1cc2c(cc1N(c1c(C)cccc1-c1ccccc1)C(C)C)C(C)(C)c1ccccc1-2. The molecule has 0 saturated heterocycles. The summed E-state index contributed by atoms with van der Waals surface area (Å²) in [6.45, 7) is 13.8. The second-order valence-corrected chi connectivity index (χ2v) is 10.2. The van der Waals surface area contributed by atoms with E-state index in [1.807, 2.05) is 0 Å². The predicted octanol–water partition coefficient (Wildman–Crippen LogP) is 8.82. The van der Waals surface area contributed by atoms with Gasteiger partial charge in [-0.05, 0) is 78.8 Å². The van der Waals surface area contributed by atoms with Gasteiger partial charge in [0.25, 0.3) is 0 Å². The second-order valence-electron chi connectivity index (χ2n) is 10.2. The molecule has 0 spiro atoms. The van der Waals surface area contributed by atoms with Crippen LogP contribution in [0.3, 0.4) is 0 Å². The first-order valence-electron chi connectivity index (χ1n) is 12.0. The predicted molar refractivity (Wildman–Crippen MR) is 143 cm³/mol. The van der Waals surface area contributed by atoms with E-state index < -0.39 is 0 Å². The molecule has 1 heteroatoms. The van der Waals surface area contributed by atoms with Gasteiger partial charge in [-0.1, -0.05) is 86.6 Å². The number of para-hydroxylation sites is 1. The maximum atomic E-state index is 2.55. The molecule has 4 aromatic carbocycles. The molecule has 1 aliphatic rings. The molecule has 0 aliphatic heterocycles. The van der Waals surface area contributed by atoms with Crippen molar-refractivity contribution in [1.82, 2.24) is 0 Å². The summed E-state index contributed by atoms with van der Waals surface area (Å²) in [4.78, 5) is 2.55. The highest BCUT2D eigenvalue weighted by molar-refractivity contribution is 5.89. The van der Waals surface area contributed by atoms with Crippen LogP contribution in [0, 0.1) is 13.8 Å². The first-order valence-corrected chi connectivity index (χ1v) is 12.0. The van der Waals surface area contributed by atoms with Crippen LogP contribution in [0.25, 0.3) is 22.3 Å². The maximum Gasteiger partial charge on any atom is 0.0522 e. The highest BCUT2D eigenvalue weighted by Crippen LogP contribution is 2.51. The van der Waals surface area contributed by atoms with Gasteiger partial charge in [-0.3, -0.25) is 0 Å². The van der Waals surface area contributed by atoms with Crippen LogP contribution in [-0.4, -0.2) is 6.04 Å². The molecule has 0 amide bonds. The Kier molecular flexibility index (Phi) is 5.16. The zero-order chi connectivity index (χ0) is 23.3. The van der Waals surface area contributed by atoms with Gasteiger partial charge in [0.1, 0.15) is 0 Å². The number of benzene rings is 4. The Hall–Kier alpha value is -3.32. The number of nitrogens with zero attached hydrogens (tertiary/aromatic N) is 1. The molecule has 0 heterocycles. The third kappa shape index (κ3) is 3.38. The van der Waals surface area contributed by atoms with E-state index in [-0.39, 0.29) is 5.41 Å². The standard InChI is InChI=1S/C32H33N/c1-21(2)33(31-22(3)13-12-17-25(31)24-14-8-7-9-15-24)30-20-29-27(19-23(30)4)26-16-10-11-18-28(26)32(29,5)6/h7-21H,1-6H3. The van der Waals surface area contributed by atoms with E-state index in [1.54, 1.807) is 0 Å². The van der Waals surface area contributed by atoms with Crippen LogP contribution in [0.15, 0.2) is 84.9 Å². The molecule has 0 atom stereocenters. The molecule has 33 heavy (non-hydrogen) atoms. The van der Waals surface area contributed by atoms with Gasteiger partial charge in [0.15, 0.2) is 0 Å². The van der Waals surface area contributed by atoms with Crippen molar-refractivity contribution in [1.29, 1.82) is 0 Å². The van der Waals surface area contributed by atoms with Gasteiger partial charge in [0, 0.05) is 22.7 Å². The summed E-state index contributed by atoms with van der Waals surface area (Å²) in [5, 5.41) is 0. The van der Waals surface area contributed by atoms with Crippen molar-refractivity contribution in [2.75, 3.05) is 4.90 Å². The molecular weight excluding hydrogens is 398 g/mol. The van der Waals surface area contributed by atoms with Gasteiger partial charge in [-0.25, -0.2) is 0 Å². The van der Waals surface area contributed by atoms with E-state index in [9.17, 15) is 0 Å². The van der Waals surface area contributed by atoms with Crippen molar-refractivity contribution < 1.29 is 0 Å². The Morgan fingerprint density at radius 3 is 2.03 bits per heavy atom. The van der Waals surface area contributed by atoms with E-state index in [2.05, 4.69) is 131 Å². The van der Waals surface area contributed by atoms with Crippen molar-refractivity contribution in [2.24, 2.45) is 0 Å². The maximum absolute atomic E-state index is 2.55. The number of anilines is 2. The lowest BCUT2D eigenvalue weighted by molar-refractivity contribution is 0.659. The second kappa shape index (κ2) is 7.92. The summed E-state index contributed by atoms with van der Waals surface area (Å²) < 4.78 is 0. The van der Waals surface area contributed by atoms with Gasteiger partial charge in [0.05, 0.1) is 5.69 Å². The van der Waals surface area contributed by atoms with Crippen LogP contribution in [0.5, 0.6) is 0 Å². The highest BCUT2D eigenvalue weighted by Gasteiger charge is 2.36. The molecule has 0 fully saturated rings. The Morgan fingerprint density at radius 2 is 1.30 bits per heavy atom. The lowest BCUT2D eigenvalue weighted by Gasteiger charge is -2.35. The normalized spacial score (nSPS) is 13.7. The monoisotopic (exact) mass is 431 g/mol. The summed E-state index contributed by atoms with van der Waals surface area (Å²) in [7, 11) is 0. The minimum absolute atomic E-state index is 0.00891. The fraction of sp³-hybridized carbons (Fsp3) is 0.250. The van der Waals surface area contributed by atoms with E-state index in [1.165, 1.54) is 55.9 Å². The number of aryl methyl sites for hydroxylation is 2. The molecule has 0 unspecified atom stereocenters. The highest BCUT2D eigenvalue weighted by atomic mass is 15.2. The Balaban J connectivity index is 1.75. The van der Waals surface area contributed by atoms with Gasteiger partial charge < -0.3 is 4.90 Å². The van der Waals surface area contributed by atoms with Crippen LogP contribution in [-0.2, 0) is 5.41 Å². The Morgan fingerprint density at radius 1 is 0.636 bits per heavy atom. The number of fused-ring (bicyclic) bond motifs is 3. The van der Waals surface area contributed by atoms with Crippen molar-refractivity contribution in [3.8, 4) is 22.3 Å². The molecule has 4 aromatic rings. The molecule has 1 nitrogen and oxygen atoms in total. The number of hydrogen-bond donors (Lipinski definition) is 0. The summed E-state index contributed by atoms with van der Waals surface area (Å²) >= 11 is 0. The fourth-order valence-corrected chi connectivity index (χ4v) is 5.59. The quantitative estimate of drug-likeness (QED) is 0.312. The lowest BCUT2D eigenvalue weighted by Crippen LogP contribution is -2.28. The number of hydrogen-bond acceptors (Lipinski definition) is 1. The van der Waals surface area contributed by atoms with Crippen LogP contribution in [0.1, 0.15) is 49.9 Å². The lowest BCUT2D eigenvalue weighted by atomic mass is 9.82. The van der Waals surface area contributed by atoms with Crippen LogP contribution >= 0.6 is 0 Å². The van der Waals surface area contributed by atoms with Crippen LogP contribution in [0.2, 0.25) is 0 Å². The molecule has 0 bridgehead atoms. The molecule has 166 valence electrons. The van der Waals surface area contributed by atoms with Gasteiger partial charge in [0.2, 0.25) is 0 Å². The molecule has 5 rings (SSSR count). The first-order chi connectivity index (χ1) is 15.8. The zero-order valence-electron chi connectivity index (χ0n) is 20.6. The third-order valence-corrected chi connectivity index (χ3v) is 7.24. The summed E-state index contributed by atoms with van der Waals surface area (Å²) in [5.74, 6) is 0. The van der Waals surface area contributed by atoms with E-state index in [0.29, 0.717) is 6.04 Å².